The number of guanidine groups is 2. The molecule has 1 aromatic rings. The van der Waals surface area contributed by atoms with Crippen molar-refractivity contribution in [1.82, 2.24) is 21.3 Å². The molecule has 0 radical (unpaired) electrons. The normalized spacial score (nSPS) is 25.9. The molecule has 0 heterocycles. The average Bonchev–Trinajstić information content (AvgIpc) is 1.36. The summed E-state index contributed by atoms with van der Waals surface area (Å²) < 4.78 is 44.1. The van der Waals surface area contributed by atoms with Gasteiger partial charge in [-0.2, -0.15) is 13.2 Å². The zero-order chi connectivity index (χ0) is 66.8. The van der Waals surface area contributed by atoms with Gasteiger partial charge in [0.1, 0.15) is 18.2 Å². The van der Waals surface area contributed by atoms with Crippen LogP contribution in [0.1, 0.15) is 170 Å². The van der Waals surface area contributed by atoms with Crippen LogP contribution in [0, 0.1) is 70.0 Å². The number of carbonyl (C=O) groups is 8. The summed E-state index contributed by atoms with van der Waals surface area (Å²) in [6.07, 6.45) is 0.867. The first-order valence-corrected chi connectivity index (χ1v) is 32.4. The zero-order valence-corrected chi connectivity index (χ0v) is 53.7. The fourth-order valence-electron chi connectivity index (χ4n) is 15.6. The molecule has 1 aromatic carbocycles. The molecule has 0 aromatic heterocycles. The summed E-state index contributed by atoms with van der Waals surface area (Å²) in [5.41, 5.74) is 22.5. The molecule has 0 saturated heterocycles. The number of amides is 4. The fourth-order valence-corrected chi connectivity index (χ4v) is 15.6. The van der Waals surface area contributed by atoms with Gasteiger partial charge in [0.25, 0.3) is 0 Å². The van der Waals surface area contributed by atoms with Gasteiger partial charge in [-0.25, -0.2) is 4.79 Å². The third-order valence-corrected chi connectivity index (χ3v) is 20.6. The third kappa shape index (κ3) is 20.6. The number of ether oxygens (including phenoxy) is 1. The molecule has 506 valence electrons. The molecule has 90 heavy (non-hydrogen) atoms. The van der Waals surface area contributed by atoms with Gasteiger partial charge < -0.3 is 64.3 Å². The van der Waals surface area contributed by atoms with Gasteiger partial charge in [0, 0.05) is 56.7 Å². The maximum Gasteiger partial charge on any atom is 0.490 e. The standard InChI is InChI=1S/C65H103F3N10O12/c1-36(2)46(33-54(84)56(39(5)81)78-55(85)22-17-37(3)47-20-21-48-45-19-18-43-32-44(90-60(89)65(66,67)68)23-25-63(43,6)49(45)24-26-64(47,48)7)59(88)76-50(29-40-14-9-8-10-15-40)52(82)30-41(16-12-28-74-62(71)72)57(86)77-51(35-80)53(83)31-42(34-79)58(87)75-38(4)13-11-27-73-61(69)70/h8-10,14-15,36-39,41-51,56,79-81H,11-13,16-35H2,1-7H3,(H,75,87)(H,76,88)(H,77,86)(H,78,85)(H4,69,70,73)(H4,71,72,74)/t37-,38-,39-,41-,42+,43?,44-,45?,46+,47-,48?,49?,50+,51+,56+,63+,64-/m1/s1. The zero-order valence-electron chi connectivity index (χ0n) is 53.7. The van der Waals surface area contributed by atoms with Gasteiger partial charge in [0.15, 0.2) is 29.3 Å². The number of halogens is 3. The number of carbonyl (C=O) groups excluding carboxylic acids is 8. The highest BCUT2D eigenvalue weighted by Gasteiger charge is 2.61. The van der Waals surface area contributed by atoms with Crippen molar-refractivity contribution in [2.24, 2.45) is 103 Å². The second kappa shape index (κ2) is 33.9. The van der Waals surface area contributed by atoms with E-state index in [1.807, 2.05) is 0 Å². The van der Waals surface area contributed by atoms with Crippen molar-refractivity contribution in [3.63, 3.8) is 0 Å². The first-order chi connectivity index (χ1) is 42.3. The number of fused-ring (bicyclic) bond motifs is 5. The molecule has 4 unspecified atom stereocenters. The van der Waals surface area contributed by atoms with Crippen LogP contribution in [0.4, 0.5) is 13.2 Å². The van der Waals surface area contributed by atoms with E-state index in [0.717, 1.165) is 44.9 Å². The van der Waals surface area contributed by atoms with E-state index in [1.165, 1.54) is 6.92 Å². The van der Waals surface area contributed by atoms with Gasteiger partial charge >= 0.3 is 12.1 Å². The molecule has 0 spiro atoms. The Morgan fingerprint density at radius 3 is 1.86 bits per heavy atom. The number of alkyl halides is 3. The molecule has 0 bridgehead atoms. The number of nitrogens with two attached hydrogens (primary N) is 4. The van der Waals surface area contributed by atoms with Crippen molar-refractivity contribution >= 4 is 58.9 Å². The van der Waals surface area contributed by atoms with Crippen molar-refractivity contribution in [3.05, 3.63) is 35.9 Å². The molecular formula is C65H103F3N10O12. The van der Waals surface area contributed by atoms with Crippen LogP contribution >= 0.6 is 0 Å². The number of hydrogen-bond acceptors (Lipinski definition) is 14. The molecule has 5 rings (SSSR count). The molecule has 4 aliphatic carbocycles. The monoisotopic (exact) mass is 1270 g/mol. The molecule has 25 heteroatoms. The molecule has 15 N–H and O–H groups in total. The van der Waals surface area contributed by atoms with Gasteiger partial charge in [0.2, 0.25) is 23.6 Å². The number of hydrogen-bond donors (Lipinski definition) is 11. The van der Waals surface area contributed by atoms with Crippen LogP contribution < -0.4 is 44.2 Å². The van der Waals surface area contributed by atoms with Crippen LogP contribution in [0.3, 0.4) is 0 Å². The maximum absolute atomic E-state index is 14.6. The summed E-state index contributed by atoms with van der Waals surface area (Å²) in [5.74, 6) is -8.67. The lowest BCUT2D eigenvalue weighted by Crippen LogP contribution is -2.54. The van der Waals surface area contributed by atoms with Crippen molar-refractivity contribution in [3.8, 4) is 0 Å². The summed E-state index contributed by atoms with van der Waals surface area (Å²) in [5, 5.41) is 42.4. The number of aliphatic imine (C=N–C) groups is 2. The summed E-state index contributed by atoms with van der Waals surface area (Å²) in [4.78, 5) is 118. The van der Waals surface area contributed by atoms with Crippen LogP contribution in [-0.2, 0) is 49.5 Å². The predicted octanol–water partition coefficient (Wildman–Crippen LogP) is 4.59. The van der Waals surface area contributed by atoms with E-state index in [-0.39, 0.29) is 72.9 Å². The van der Waals surface area contributed by atoms with Gasteiger partial charge in [0.05, 0.1) is 31.3 Å². The Labute approximate surface area is 528 Å². The van der Waals surface area contributed by atoms with Crippen LogP contribution in [0.25, 0.3) is 0 Å². The average molecular weight is 1270 g/mol. The minimum atomic E-state index is -5.02. The summed E-state index contributed by atoms with van der Waals surface area (Å²) >= 11 is 0. The number of Topliss-reactive ketones (excluding diaryl/α,β-unsaturated/α-hetero) is 3. The Balaban J connectivity index is 1.21. The molecule has 0 aliphatic heterocycles. The highest BCUT2D eigenvalue weighted by Crippen LogP contribution is 2.68. The first-order valence-electron chi connectivity index (χ1n) is 32.4. The quantitative estimate of drug-likeness (QED) is 0.0192. The second-order valence-electron chi connectivity index (χ2n) is 27.2. The highest BCUT2D eigenvalue weighted by atomic mass is 19.4. The minimum Gasteiger partial charge on any atom is -0.456 e. The number of esters is 1. The minimum absolute atomic E-state index is 0.0139. The topological polar surface area (TPSA) is 383 Å². The van der Waals surface area contributed by atoms with Crippen LogP contribution in [0.15, 0.2) is 40.3 Å². The molecule has 22 nitrogen and oxygen atoms in total. The molecule has 4 fully saturated rings. The number of nitrogens with zero attached hydrogens (tertiary/aromatic N) is 2. The van der Waals surface area contributed by atoms with Gasteiger partial charge in [-0.05, 0) is 168 Å². The Morgan fingerprint density at radius 2 is 1.26 bits per heavy atom. The molecule has 17 atom stereocenters. The number of rotatable bonds is 35. The maximum atomic E-state index is 14.6. The van der Waals surface area contributed by atoms with E-state index >= 15 is 0 Å². The van der Waals surface area contributed by atoms with E-state index in [0.29, 0.717) is 67.9 Å². The molecular weight excluding hydrogens is 1170 g/mol. The Kier molecular flexibility index (Phi) is 28.1. The van der Waals surface area contributed by atoms with Crippen LogP contribution in [0.5, 0.6) is 0 Å². The molecule has 4 aliphatic rings. The van der Waals surface area contributed by atoms with Gasteiger partial charge in [-0.3, -0.25) is 43.5 Å². The van der Waals surface area contributed by atoms with Crippen LogP contribution in [0.2, 0.25) is 0 Å². The summed E-state index contributed by atoms with van der Waals surface area (Å²) in [6, 6.07) is 4.31. The Bertz CT molecular complexity index is 2660. The van der Waals surface area contributed by atoms with Crippen molar-refractivity contribution in [2.45, 2.75) is 213 Å². The highest BCUT2D eigenvalue weighted by molar-refractivity contribution is 5.97. The second-order valence-corrected chi connectivity index (χ2v) is 27.2. The number of aliphatic hydroxyl groups excluding tert-OH is 3. The number of nitrogens with one attached hydrogen (secondary N) is 4. The van der Waals surface area contributed by atoms with E-state index < -0.39 is 140 Å². The Morgan fingerprint density at radius 1 is 0.667 bits per heavy atom. The number of ketones is 3. The van der Waals surface area contributed by atoms with E-state index in [4.69, 9.17) is 27.7 Å². The predicted molar refractivity (Wildman–Crippen MR) is 333 cm³/mol. The Hall–Kier alpha value is -6.21. The molecule has 4 saturated carbocycles. The van der Waals surface area contributed by atoms with Gasteiger partial charge in [-0.15, -0.1) is 0 Å². The van der Waals surface area contributed by atoms with E-state index in [1.54, 1.807) is 51.1 Å². The lowest BCUT2D eigenvalue weighted by molar-refractivity contribution is -0.210. The largest absolute Gasteiger partial charge is 0.490 e. The lowest BCUT2D eigenvalue weighted by Gasteiger charge is -2.61. The number of aliphatic hydroxyl groups is 3. The van der Waals surface area contributed by atoms with Crippen LogP contribution in [-0.4, -0.2) is 143 Å². The van der Waals surface area contributed by atoms with E-state index in [9.17, 15) is 66.8 Å². The van der Waals surface area contributed by atoms with Crippen molar-refractivity contribution < 1.29 is 71.6 Å². The summed E-state index contributed by atoms with van der Waals surface area (Å²) in [6.45, 7) is 12.3. The molecule has 4 amide bonds. The SMILES string of the molecule is CC(C)[C@H](CC(=O)[C@@H](NC(=O)CC[C@@H](C)[C@H]1CCC2C3CCC4C[C@H](OC(=O)C(F)(F)F)CC[C@]4(C)C3CC[C@@]21C)[C@@H](C)O)C(=O)N[C@@H](Cc1ccccc1)C(=O)C[C@@H](CCCN=C(N)N)C(=O)N[C@@H](CO)C(=O)C[C@@H](CO)C(=O)N[C@H](C)CCCN=C(N)N. The lowest BCUT2D eigenvalue weighted by atomic mass is 9.44. The third-order valence-electron chi connectivity index (χ3n) is 20.6. The number of benzene rings is 1. The summed E-state index contributed by atoms with van der Waals surface area (Å²) in [7, 11) is 0. The smallest absolute Gasteiger partial charge is 0.456 e. The fraction of sp³-hybridized carbons (Fsp3) is 0.754. The van der Waals surface area contributed by atoms with Crippen molar-refractivity contribution in [1.29, 1.82) is 0 Å². The first kappa shape index (κ1) is 74.5. The van der Waals surface area contributed by atoms with Crippen molar-refractivity contribution in [2.75, 3.05) is 26.3 Å². The van der Waals surface area contributed by atoms with Gasteiger partial charge in [-0.1, -0.05) is 65.0 Å². The van der Waals surface area contributed by atoms with E-state index in [2.05, 4.69) is 52.0 Å².